The molecule has 0 unspecified atom stereocenters. The average Bonchev–Trinajstić information content (AvgIpc) is 2.66. The van der Waals surface area contributed by atoms with Gasteiger partial charge in [0.15, 0.2) is 11.5 Å². The Balaban J connectivity index is 0.000000179. The van der Waals surface area contributed by atoms with E-state index in [1.54, 1.807) is 24.5 Å². The van der Waals surface area contributed by atoms with Gasteiger partial charge in [-0.2, -0.15) is 12.4 Å². The summed E-state index contributed by atoms with van der Waals surface area (Å²) in [6, 6.07) is 10.3. The first-order valence-electron chi connectivity index (χ1n) is 6.98. The molecule has 122 valence electrons. The van der Waals surface area contributed by atoms with E-state index in [0.717, 1.165) is 21.8 Å². The van der Waals surface area contributed by atoms with Crippen LogP contribution in [-0.2, 0) is 0 Å². The molecule has 0 saturated carbocycles. The van der Waals surface area contributed by atoms with Crippen molar-refractivity contribution in [3.8, 4) is 11.5 Å². The maximum absolute atomic E-state index is 9.55. The Bertz CT molecular complexity index is 807. The Hall–Kier alpha value is -2.39. The Labute approximate surface area is 153 Å². The molecule has 2 aromatic carbocycles. The van der Waals surface area contributed by atoms with E-state index in [2.05, 4.69) is 34.9 Å². The first kappa shape index (κ1) is 18.0. The second-order valence-corrected chi connectivity index (χ2v) is 4.70. The van der Waals surface area contributed by atoms with E-state index in [9.17, 15) is 2.81 Å². The van der Waals surface area contributed by atoms with Gasteiger partial charge in [0.1, 0.15) is 0 Å². The van der Waals surface area contributed by atoms with Gasteiger partial charge in [0.25, 0.3) is 0 Å². The Kier molecular flexibility index (Phi) is 6.76. The first-order valence-corrected chi connectivity index (χ1v) is 7.94. The van der Waals surface area contributed by atoms with E-state index >= 15 is 0 Å². The third kappa shape index (κ3) is 4.33. The van der Waals surface area contributed by atoms with E-state index in [0.29, 0.717) is 0 Å². The van der Waals surface area contributed by atoms with Crippen molar-refractivity contribution in [1.29, 1.82) is 0 Å². The number of phenols is 2. The number of para-hydroxylation sites is 2. The van der Waals surface area contributed by atoms with Gasteiger partial charge in [0.2, 0.25) is 0 Å². The number of benzene rings is 2. The molecule has 2 heterocycles. The van der Waals surface area contributed by atoms with Crippen LogP contribution in [0.3, 0.4) is 0 Å². The van der Waals surface area contributed by atoms with Gasteiger partial charge >= 0.3 is 26.4 Å². The van der Waals surface area contributed by atoms with E-state index < -0.39 is 0 Å². The number of aromatic hydroxyl groups is 2. The van der Waals surface area contributed by atoms with Crippen LogP contribution < -0.4 is 10.4 Å². The first-order chi connectivity index (χ1) is 11.8. The molecular formula is C18H14FN2O2Sb-2. The molecule has 4 rings (SSSR count). The van der Waals surface area contributed by atoms with Crippen molar-refractivity contribution < 1.29 is 13.0 Å². The van der Waals surface area contributed by atoms with Crippen molar-refractivity contribution in [3.63, 3.8) is 0 Å². The molecule has 2 aliphatic rings. The fraction of sp³-hybridized carbons (Fsp3) is 0. The molecule has 0 bridgehead atoms. The predicted octanol–water partition coefficient (Wildman–Crippen LogP) is 3.45. The molecule has 2 aliphatic heterocycles. The summed E-state index contributed by atoms with van der Waals surface area (Å²) in [4.78, 5) is 0. The van der Waals surface area contributed by atoms with Gasteiger partial charge < -0.3 is 20.8 Å². The number of hydrogen-bond acceptors (Lipinski definition) is 2. The van der Waals surface area contributed by atoms with Gasteiger partial charge in [-0.1, -0.05) is 48.6 Å². The Morgan fingerprint density at radius 3 is 1.50 bits per heavy atom. The zero-order valence-electron chi connectivity index (χ0n) is 12.5. The molecule has 2 radical (unpaired) electrons. The fourth-order valence-electron chi connectivity index (χ4n) is 2.14. The fourth-order valence-corrected chi connectivity index (χ4v) is 2.14. The van der Waals surface area contributed by atoms with Crippen LogP contribution in [0.15, 0.2) is 61.0 Å². The molecular weight excluding hydrogens is 417 g/mol. The molecule has 2 N–H and O–H groups in total. The van der Waals surface area contributed by atoms with Gasteiger partial charge in [0.05, 0.1) is 0 Å². The van der Waals surface area contributed by atoms with Crippen LogP contribution >= 0.6 is 0 Å². The summed E-state index contributed by atoms with van der Waals surface area (Å²) in [5, 5.41) is 28.3. The summed E-state index contributed by atoms with van der Waals surface area (Å²) in [6.45, 7) is 0. The van der Waals surface area contributed by atoms with Gasteiger partial charge in [-0.25, -0.2) is 0 Å². The van der Waals surface area contributed by atoms with Crippen LogP contribution in [0.25, 0.3) is 22.8 Å². The number of hydrogen-bond donors (Lipinski definition) is 2. The summed E-state index contributed by atoms with van der Waals surface area (Å²) in [5.74, 6) is -0.153. The molecule has 4 nitrogen and oxygen atoms in total. The second kappa shape index (κ2) is 9.04. The molecule has 0 atom stereocenters. The van der Waals surface area contributed by atoms with Crippen LogP contribution in [-0.4, -0.2) is 33.8 Å². The molecule has 0 aromatic heterocycles. The molecule has 6 heteroatoms. The minimum atomic E-state index is -0.0764. The van der Waals surface area contributed by atoms with Crippen LogP contribution in [0.2, 0.25) is 0 Å². The Morgan fingerprint density at radius 2 is 1.12 bits per heavy atom. The Morgan fingerprint density at radius 1 is 0.708 bits per heavy atom. The van der Waals surface area contributed by atoms with Gasteiger partial charge in [-0.05, 0) is 22.6 Å². The van der Waals surface area contributed by atoms with Crippen molar-refractivity contribution in [3.05, 3.63) is 82.0 Å². The number of fused-ring (bicyclic) bond motifs is 3. The molecule has 24 heavy (non-hydrogen) atoms. The van der Waals surface area contributed by atoms with Gasteiger partial charge in [-0.15, -0.1) is 11.4 Å². The molecule has 0 saturated heterocycles. The topological polar surface area (TPSA) is 68.7 Å². The molecule has 0 aliphatic carbocycles. The number of nitrogens with zero attached hydrogens (tertiary/aromatic N) is 2. The van der Waals surface area contributed by atoms with Crippen molar-refractivity contribution >= 4 is 47.1 Å². The normalized spacial score (nSPS) is 12.2. The van der Waals surface area contributed by atoms with Crippen LogP contribution in [0.4, 0.5) is 14.2 Å². The SMILES string of the molecule is C1=C[N-]c2c3c(ccc2=C1)=CC=C[N-]3.Oc1ccccc1O.[F][Sb]. The van der Waals surface area contributed by atoms with Crippen molar-refractivity contribution in [2.75, 3.05) is 0 Å². The standard InChI is InChI=1S/C12H8N2.C6H6O2.FH.Sb/c1-3-9-5-6-10-4-2-8-14-12(10)11(9)13-7-1;7-5-3-1-2-4-6(5)8;;/h1-8H;1-4,7-8H;1H;/q-2;;;+1/p-1. The van der Waals surface area contributed by atoms with E-state index in [-0.39, 0.29) is 35.1 Å². The van der Waals surface area contributed by atoms with Crippen molar-refractivity contribution in [2.45, 2.75) is 0 Å². The van der Waals surface area contributed by atoms with E-state index in [4.69, 9.17) is 10.2 Å². The predicted molar refractivity (Wildman–Crippen MR) is 95.6 cm³/mol. The van der Waals surface area contributed by atoms with Crippen LogP contribution in [0.5, 0.6) is 11.5 Å². The summed E-state index contributed by atoms with van der Waals surface area (Å²) >= 11 is 0.250. The summed E-state index contributed by atoms with van der Waals surface area (Å²) in [5.41, 5.74) is 1.95. The van der Waals surface area contributed by atoms with Gasteiger partial charge in [-0.3, -0.25) is 0 Å². The van der Waals surface area contributed by atoms with Gasteiger partial charge in [0, 0.05) is 0 Å². The molecule has 2 aromatic rings. The summed E-state index contributed by atoms with van der Waals surface area (Å²) in [6.07, 6.45) is 11.6. The molecule has 0 fully saturated rings. The number of rotatable bonds is 0. The second-order valence-electron chi connectivity index (χ2n) is 4.70. The third-order valence-electron chi connectivity index (χ3n) is 3.23. The zero-order valence-corrected chi connectivity index (χ0v) is 15.1. The van der Waals surface area contributed by atoms with Crippen molar-refractivity contribution in [2.24, 2.45) is 0 Å². The minimum absolute atomic E-state index is 0.0764. The number of phenolic OH excluding ortho intramolecular Hbond substituents is 2. The molecule has 0 amide bonds. The maximum atomic E-state index is 9.55. The van der Waals surface area contributed by atoms with Crippen LogP contribution in [0, 0.1) is 0 Å². The average molecular weight is 431 g/mol. The molecule has 0 spiro atoms. The summed E-state index contributed by atoms with van der Waals surface area (Å²) in [7, 11) is 0. The van der Waals surface area contributed by atoms with Crippen LogP contribution in [0.1, 0.15) is 0 Å². The zero-order chi connectivity index (χ0) is 17.4. The van der Waals surface area contributed by atoms with E-state index in [1.165, 1.54) is 12.1 Å². The summed E-state index contributed by atoms with van der Waals surface area (Å²) < 4.78 is 9.55. The third-order valence-corrected chi connectivity index (χ3v) is 3.23. The quantitative estimate of drug-likeness (QED) is 0.496. The number of allylic oxidation sites excluding steroid dienone is 2. The number of halogens is 1. The van der Waals surface area contributed by atoms with E-state index in [1.807, 2.05) is 12.2 Å². The monoisotopic (exact) mass is 430 g/mol. The van der Waals surface area contributed by atoms with Crippen molar-refractivity contribution in [1.82, 2.24) is 0 Å².